The fourth-order valence-electron chi connectivity index (χ4n) is 3.99. The summed E-state index contributed by atoms with van der Waals surface area (Å²) in [6.45, 7) is -0.836. The molecule has 3 aromatic rings. The second kappa shape index (κ2) is 9.92. The molecule has 172 valence electrons. The van der Waals surface area contributed by atoms with E-state index in [1.165, 1.54) is 0 Å². The fourth-order valence-corrected chi connectivity index (χ4v) is 3.99. The number of carbonyl (C=O) groups is 3. The van der Waals surface area contributed by atoms with Crippen molar-refractivity contribution < 1.29 is 28.6 Å². The van der Waals surface area contributed by atoms with Crippen LogP contribution in [-0.2, 0) is 16.1 Å². The van der Waals surface area contributed by atoms with Crippen LogP contribution in [0.5, 0.6) is 0 Å². The number of carbonyl (C=O) groups excluding carboxylic acids is 2. The number of amides is 2. The highest BCUT2D eigenvalue weighted by Gasteiger charge is 2.29. The summed E-state index contributed by atoms with van der Waals surface area (Å²) in [5, 5.41) is 11.5. The minimum absolute atomic E-state index is 0.0610. The van der Waals surface area contributed by atoms with Gasteiger partial charge in [-0.25, -0.2) is 9.78 Å². The molecule has 0 saturated heterocycles. The minimum atomic E-state index is -1.22. The molecule has 1 aromatic heterocycles. The van der Waals surface area contributed by atoms with Gasteiger partial charge < -0.3 is 24.5 Å². The molecule has 0 fully saturated rings. The zero-order chi connectivity index (χ0) is 24.1. The van der Waals surface area contributed by atoms with Crippen molar-refractivity contribution in [1.82, 2.24) is 15.2 Å². The number of oxazole rings is 1. The van der Waals surface area contributed by atoms with E-state index < -0.39 is 24.5 Å². The molecule has 1 aliphatic carbocycles. The maximum absolute atomic E-state index is 12.6. The maximum atomic E-state index is 12.6. The summed E-state index contributed by atoms with van der Waals surface area (Å²) in [6.07, 6.45) is 5.57. The molecular formula is C25H21N3O6. The van der Waals surface area contributed by atoms with Crippen molar-refractivity contribution in [2.24, 2.45) is 0 Å². The molecule has 1 aliphatic rings. The van der Waals surface area contributed by atoms with Crippen LogP contribution in [0.2, 0.25) is 0 Å². The van der Waals surface area contributed by atoms with Gasteiger partial charge in [0.1, 0.15) is 13.2 Å². The Morgan fingerprint density at radius 1 is 1.12 bits per heavy atom. The maximum Gasteiger partial charge on any atom is 0.407 e. The molecule has 1 heterocycles. The number of carboxylic acid groups (broad SMARTS) is 1. The predicted octanol–water partition coefficient (Wildman–Crippen LogP) is 2.87. The Kier molecular flexibility index (Phi) is 6.59. The van der Waals surface area contributed by atoms with E-state index in [2.05, 4.69) is 16.2 Å². The number of aliphatic carboxylic acids is 1. The molecule has 2 N–H and O–H groups in total. The molecule has 0 aliphatic heterocycles. The van der Waals surface area contributed by atoms with Crippen molar-refractivity contribution in [1.29, 1.82) is 0 Å². The number of aromatic nitrogens is 1. The highest BCUT2D eigenvalue weighted by molar-refractivity contribution is 5.95. The smallest absolute Gasteiger partial charge is 0.407 e. The zero-order valence-corrected chi connectivity index (χ0v) is 18.1. The predicted molar refractivity (Wildman–Crippen MR) is 121 cm³/mol. The average molecular weight is 459 g/mol. The van der Waals surface area contributed by atoms with Crippen molar-refractivity contribution in [3.05, 3.63) is 77.5 Å². The van der Waals surface area contributed by atoms with Crippen LogP contribution in [0.25, 0.3) is 11.1 Å². The summed E-state index contributed by atoms with van der Waals surface area (Å²) in [4.78, 5) is 40.8. The first-order chi connectivity index (χ1) is 16.5. The van der Waals surface area contributed by atoms with Crippen LogP contribution in [0.4, 0.5) is 4.79 Å². The Hall–Kier alpha value is -4.58. The van der Waals surface area contributed by atoms with Crippen molar-refractivity contribution in [3.8, 4) is 23.5 Å². The fraction of sp³-hybridized carbons (Fsp3) is 0.200. The molecule has 0 unspecified atom stereocenters. The summed E-state index contributed by atoms with van der Waals surface area (Å²) in [5.41, 5.74) is 4.29. The Bertz CT molecular complexity index is 1230. The van der Waals surface area contributed by atoms with Gasteiger partial charge in [0.15, 0.2) is 17.8 Å². The van der Waals surface area contributed by atoms with E-state index >= 15 is 0 Å². The number of rotatable bonds is 8. The molecule has 34 heavy (non-hydrogen) atoms. The monoisotopic (exact) mass is 459 g/mol. The molecule has 0 radical (unpaired) electrons. The van der Waals surface area contributed by atoms with Gasteiger partial charge in [0, 0.05) is 5.92 Å². The average Bonchev–Trinajstić information content (AvgIpc) is 3.43. The molecule has 0 bridgehead atoms. The van der Waals surface area contributed by atoms with Crippen LogP contribution >= 0.6 is 0 Å². The molecular weight excluding hydrogens is 438 g/mol. The first-order valence-corrected chi connectivity index (χ1v) is 10.4. The standard InChI is InChI=1S/C25H21N3O6/c1-2-11-28(13-22(29)30)24(31)23-21(34-15-27-23)12-26-25(32)33-14-20-18-9-5-3-7-16(18)17-8-4-6-10-19(17)20/h1,3-10,15,20H,11-14H2,(H,26,32)(H,29,30). The summed E-state index contributed by atoms with van der Waals surface area (Å²) in [6, 6.07) is 16.0. The van der Waals surface area contributed by atoms with E-state index in [-0.39, 0.29) is 37.1 Å². The molecule has 0 spiro atoms. The number of nitrogens with one attached hydrogen (secondary N) is 1. The number of hydrogen-bond donors (Lipinski definition) is 2. The van der Waals surface area contributed by atoms with E-state index in [1.807, 2.05) is 48.5 Å². The molecule has 4 rings (SSSR count). The van der Waals surface area contributed by atoms with Crippen molar-refractivity contribution in [2.75, 3.05) is 19.7 Å². The molecule has 2 aromatic carbocycles. The number of hydrogen-bond acceptors (Lipinski definition) is 6. The lowest BCUT2D eigenvalue weighted by atomic mass is 9.98. The summed E-state index contributed by atoms with van der Waals surface area (Å²) in [7, 11) is 0. The third-order valence-corrected chi connectivity index (χ3v) is 5.48. The van der Waals surface area contributed by atoms with Crippen LogP contribution in [0.1, 0.15) is 33.3 Å². The third-order valence-electron chi connectivity index (χ3n) is 5.48. The second-order valence-corrected chi connectivity index (χ2v) is 7.56. The Morgan fingerprint density at radius 3 is 2.38 bits per heavy atom. The van der Waals surface area contributed by atoms with E-state index in [1.54, 1.807) is 0 Å². The van der Waals surface area contributed by atoms with Gasteiger partial charge in [0.2, 0.25) is 0 Å². The largest absolute Gasteiger partial charge is 0.480 e. The van der Waals surface area contributed by atoms with E-state index in [0.29, 0.717) is 0 Å². The third kappa shape index (κ3) is 4.61. The van der Waals surface area contributed by atoms with Gasteiger partial charge >= 0.3 is 12.1 Å². The highest BCUT2D eigenvalue weighted by atomic mass is 16.5. The van der Waals surface area contributed by atoms with Gasteiger partial charge in [-0.1, -0.05) is 54.5 Å². The summed E-state index contributed by atoms with van der Waals surface area (Å²) >= 11 is 0. The Morgan fingerprint density at radius 2 is 1.76 bits per heavy atom. The second-order valence-electron chi connectivity index (χ2n) is 7.56. The molecule has 0 saturated carbocycles. The van der Waals surface area contributed by atoms with E-state index in [0.717, 1.165) is 33.5 Å². The SMILES string of the molecule is C#CCN(CC(=O)O)C(=O)c1ncoc1CNC(=O)OCC1c2ccccc2-c2ccccc21. The normalized spacial score (nSPS) is 11.7. The van der Waals surface area contributed by atoms with Crippen LogP contribution in [-0.4, -0.2) is 52.7 Å². The van der Waals surface area contributed by atoms with Gasteiger partial charge in [0.25, 0.3) is 5.91 Å². The number of carboxylic acids is 1. The van der Waals surface area contributed by atoms with Gasteiger partial charge in [-0.2, -0.15) is 0 Å². The highest BCUT2D eigenvalue weighted by Crippen LogP contribution is 2.44. The molecule has 0 atom stereocenters. The van der Waals surface area contributed by atoms with Crippen LogP contribution < -0.4 is 5.32 Å². The van der Waals surface area contributed by atoms with Gasteiger partial charge in [-0.15, -0.1) is 6.42 Å². The molecule has 9 heteroatoms. The minimum Gasteiger partial charge on any atom is -0.480 e. The number of fused-ring (bicyclic) bond motifs is 3. The number of alkyl carbamates (subject to hydrolysis) is 1. The molecule has 2 amide bonds. The number of ether oxygens (including phenoxy) is 1. The lowest BCUT2D eigenvalue weighted by molar-refractivity contribution is -0.137. The van der Waals surface area contributed by atoms with Gasteiger partial charge in [-0.05, 0) is 22.3 Å². The van der Waals surface area contributed by atoms with Crippen molar-refractivity contribution in [2.45, 2.75) is 12.5 Å². The summed E-state index contributed by atoms with van der Waals surface area (Å²) in [5.74, 6) is 0.282. The number of nitrogens with zero attached hydrogens (tertiary/aromatic N) is 2. The molecule has 9 nitrogen and oxygen atoms in total. The van der Waals surface area contributed by atoms with Crippen LogP contribution in [0, 0.1) is 12.3 Å². The lowest BCUT2D eigenvalue weighted by Crippen LogP contribution is -2.37. The first-order valence-electron chi connectivity index (χ1n) is 10.4. The zero-order valence-electron chi connectivity index (χ0n) is 18.1. The van der Waals surface area contributed by atoms with Crippen molar-refractivity contribution >= 4 is 18.0 Å². The van der Waals surface area contributed by atoms with Crippen LogP contribution in [0.15, 0.2) is 59.3 Å². The van der Waals surface area contributed by atoms with E-state index in [9.17, 15) is 14.4 Å². The van der Waals surface area contributed by atoms with Crippen LogP contribution in [0.3, 0.4) is 0 Å². The summed E-state index contributed by atoms with van der Waals surface area (Å²) < 4.78 is 10.7. The Balaban J connectivity index is 1.38. The van der Waals surface area contributed by atoms with Gasteiger partial charge in [-0.3, -0.25) is 9.59 Å². The number of terminal acetylenes is 1. The first kappa shape index (κ1) is 22.6. The van der Waals surface area contributed by atoms with Gasteiger partial charge in [0.05, 0.1) is 13.1 Å². The quantitative estimate of drug-likeness (QED) is 0.497. The topological polar surface area (TPSA) is 122 Å². The lowest BCUT2D eigenvalue weighted by Gasteiger charge is -2.17. The number of benzene rings is 2. The van der Waals surface area contributed by atoms with E-state index in [4.69, 9.17) is 20.7 Å². The Labute approximate surface area is 195 Å². The van der Waals surface area contributed by atoms with Crippen molar-refractivity contribution in [3.63, 3.8) is 0 Å².